The Hall–Kier alpha value is -0.690. The molecular formula is C32H60ClN. The lowest BCUT2D eigenvalue weighted by Crippen LogP contribution is -2.13. The van der Waals surface area contributed by atoms with Gasteiger partial charge in [-0.2, -0.15) is 0 Å². The molecule has 0 aliphatic heterocycles. The second-order valence-electron chi connectivity index (χ2n) is 10.7. The lowest BCUT2D eigenvalue weighted by Gasteiger charge is -2.21. The first-order valence-corrected chi connectivity index (χ1v) is 15.0. The molecule has 0 saturated heterocycles. The maximum atomic E-state index is 2.41. The fourth-order valence-electron chi connectivity index (χ4n) is 5.16. The van der Waals surface area contributed by atoms with E-state index in [1.165, 1.54) is 147 Å². The zero-order valence-electron chi connectivity index (χ0n) is 23.6. The summed E-state index contributed by atoms with van der Waals surface area (Å²) in [5.74, 6) is 0. The van der Waals surface area contributed by atoms with Gasteiger partial charge < -0.3 is 4.90 Å². The van der Waals surface area contributed by atoms with E-state index in [9.17, 15) is 0 Å². The quantitative estimate of drug-likeness (QED) is 0.137. The Bertz CT molecular complexity index is 554. The van der Waals surface area contributed by atoms with E-state index in [1.807, 2.05) is 0 Å². The van der Waals surface area contributed by atoms with Crippen LogP contribution in [0.4, 0.5) is 5.69 Å². The summed E-state index contributed by atoms with van der Waals surface area (Å²) in [4.78, 5) is 2.33. The predicted octanol–water partition coefficient (Wildman–Crippen LogP) is 11.1. The number of aryl methyl sites for hydroxylation is 1. The van der Waals surface area contributed by atoms with E-state index in [0.29, 0.717) is 0 Å². The first-order valence-electron chi connectivity index (χ1n) is 15.0. The molecule has 0 aliphatic rings. The Morgan fingerprint density at radius 2 is 0.882 bits per heavy atom. The fraction of sp³-hybridized carbons (Fsp3) is 0.812. The van der Waals surface area contributed by atoms with Gasteiger partial charge in [0.05, 0.1) is 0 Å². The third-order valence-corrected chi connectivity index (χ3v) is 7.31. The minimum absolute atomic E-state index is 0. The molecule has 0 radical (unpaired) electrons. The summed E-state index contributed by atoms with van der Waals surface area (Å²) in [7, 11) is 4.42. The van der Waals surface area contributed by atoms with Crippen molar-refractivity contribution in [2.45, 2.75) is 155 Å². The Morgan fingerprint density at radius 3 is 1.29 bits per heavy atom. The Balaban J connectivity index is 0.0000109. The number of hydrogen-bond acceptors (Lipinski definition) is 1. The van der Waals surface area contributed by atoms with Gasteiger partial charge >= 0.3 is 0 Å². The first kappa shape index (κ1) is 33.3. The van der Waals surface area contributed by atoms with Gasteiger partial charge in [-0.25, -0.2) is 0 Å². The molecule has 0 bridgehead atoms. The SMILES string of the molecule is CCCCCCCCCCCCc1cccc(N(C)C)c1CCCCCCCCCCCC.Cl. The van der Waals surface area contributed by atoms with Gasteiger partial charge in [-0.1, -0.05) is 142 Å². The van der Waals surface area contributed by atoms with Gasteiger partial charge in [0.1, 0.15) is 0 Å². The Morgan fingerprint density at radius 1 is 0.500 bits per heavy atom. The van der Waals surface area contributed by atoms with Crippen molar-refractivity contribution < 1.29 is 0 Å². The van der Waals surface area contributed by atoms with Gasteiger partial charge in [0.25, 0.3) is 0 Å². The molecule has 0 aromatic heterocycles. The summed E-state index contributed by atoms with van der Waals surface area (Å²) in [6.45, 7) is 4.61. The lowest BCUT2D eigenvalue weighted by atomic mass is 9.94. The molecular weight excluding hydrogens is 434 g/mol. The number of hydrogen-bond donors (Lipinski definition) is 0. The van der Waals surface area contributed by atoms with E-state index in [0.717, 1.165) is 0 Å². The molecule has 0 spiro atoms. The smallest absolute Gasteiger partial charge is 0.0396 e. The number of benzene rings is 1. The maximum Gasteiger partial charge on any atom is 0.0396 e. The zero-order chi connectivity index (χ0) is 24.0. The predicted molar refractivity (Wildman–Crippen MR) is 159 cm³/mol. The van der Waals surface area contributed by atoms with Crippen molar-refractivity contribution in [2.24, 2.45) is 0 Å². The highest BCUT2D eigenvalue weighted by Gasteiger charge is 2.10. The van der Waals surface area contributed by atoms with Crippen LogP contribution < -0.4 is 4.90 Å². The third-order valence-electron chi connectivity index (χ3n) is 7.31. The standard InChI is InChI=1S/C32H59N.ClH/c1-5-7-9-11-13-15-17-19-21-23-26-30-27-25-29-32(33(3)4)31(30)28-24-22-20-18-16-14-12-10-8-6-2;/h25,27,29H,5-24,26,28H2,1-4H3;1H. The van der Waals surface area contributed by atoms with Gasteiger partial charge in [-0.15, -0.1) is 12.4 Å². The number of rotatable bonds is 23. The van der Waals surface area contributed by atoms with Crippen LogP contribution in [0.1, 0.15) is 153 Å². The Kier molecular flexibility index (Phi) is 23.5. The minimum Gasteiger partial charge on any atom is -0.377 e. The largest absolute Gasteiger partial charge is 0.377 e. The van der Waals surface area contributed by atoms with Crippen LogP contribution in [0.5, 0.6) is 0 Å². The molecule has 0 aliphatic carbocycles. The van der Waals surface area contributed by atoms with Crippen molar-refractivity contribution in [3.8, 4) is 0 Å². The van der Waals surface area contributed by atoms with Gasteiger partial charge in [-0.05, 0) is 42.9 Å². The molecule has 1 rings (SSSR count). The monoisotopic (exact) mass is 493 g/mol. The second kappa shape index (κ2) is 24.0. The van der Waals surface area contributed by atoms with E-state index in [-0.39, 0.29) is 12.4 Å². The maximum absolute atomic E-state index is 2.41. The molecule has 1 aromatic rings. The van der Waals surface area contributed by atoms with E-state index in [4.69, 9.17) is 0 Å². The molecule has 0 atom stereocenters. The number of nitrogens with zero attached hydrogens (tertiary/aromatic N) is 1. The second-order valence-corrected chi connectivity index (χ2v) is 10.7. The van der Waals surface area contributed by atoms with Crippen LogP contribution in [0.3, 0.4) is 0 Å². The van der Waals surface area contributed by atoms with Crippen LogP contribution >= 0.6 is 12.4 Å². The molecule has 0 saturated carbocycles. The first-order chi connectivity index (χ1) is 16.2. The normalized spacial score (nSPS) is 10.9. The van der Waals surface area contributed by atoms with Crippen LogP contribution in [0, 0.1) is 0 Å². The molecule has 0 amide bonds. The summed E-state index contributed by atoms with van der Waals surface area (Å²) < 4.78 is 0. The molecule has 34 heavy (non-hydrogen) atoms. The number of halogens is 1. The molecule has 0 unspecified atom stereocenters. The number of unbranched alkanes of at least 4 members (excludes halogenated alkanes) is 18. The minimum atomic E-state index is 0. The summed E-state index contributed by atoms with van der Waals surface area (Å²) in [6, 6.07) is 7.02. The molecule has 0 N–H and O–H groups in total. The Labute approximate surface area is 221 Å². The molecule has 200 valence electrons. The molecule has 0 fully saturated rings. The highest BCUT2D eigenvalue weighted by Crippen LogP contribution is 2.27. The van der Waals surface area contributed by atoms with Crippen molar-refractivity contribution in [3.05, 3.63) is 29.3 Å². The van der Waals surface area contributed by atoms with Crippen LogP contribution in [0.15, 0.2) is 18.2 Å². The van der Waals surface area contributed by atoms with Crippen LogP contribution in [-0.4, -0.2) is 14.1 Å². The van der Waals surface area contributed by atoms with Crippen LogP contribution in [-0.2, 0) is 12.8 Å². The van der Waals surface area contributed by atoms with Gasteiger partial charge in [0, 0.05) is 19.8 Å². The summed E-state index contributed by atoms with van der Waals surface area (Å²) in [5.41, 5.74) is 4.71. The van der Waals surface area contributed by atoms with Crippen LogP contribution in [0.2, 0.25) is 0 Å². The van der Waals surface area contributed by atoms with Gasteiger partial charge in [-0.3, -0.25) is 0 Å². The highest BCUT2D eigenvalue weighted by atomic mass is 35.5. The summed E-state index contributed by atoms with van der Waals surface area (Å²) >= 11 is 0. The van der Waals surface area contributed by atoms with E-state index in [2.05, 4.69) is 51.0 Å². The molecule has 1 nitrogen and oxygen atoms in total. The van der Waals surface area contributed by atoms with Crippen molar-refractivity contribution in [1.29, 1.82) is 0 Å². The average molecular weight is 494 g/mol. The third kappa shape index (κ3) is 16.9. The lowest BCUT2D eigenvalue weighted by molar-refractivity contribution is 0.553. The van der Waals surface area contributed by atoms with E-state index >= 15 is 0 Å². The highest BCUT2D eigenvalue weighted by molar-refractivity contribution is 5.85. The average Bonchev–Trinajstić information content (AvgIpc) is 2.81. The van der Waals surface area contributed by atoms with E-state index in [1.54, 1.807) is 11.1 Å². The fourth-order valence-corrected chi connectivity index (χ4v) is 5.16. The summed E-state index contributed by atoms with van der Waals surface area (Å²) in [5, 5.41) is 0. The van der Waals surface area contributed by atoms with Gasteiger partial charge in [0.2, 0.25) is 0 Å². The topological polar surface area (TPSA) is 3.24 Å². The van der Waals surface area contributed by atoms with Crippen molar-refractivity contribution in [1.82, 2.24) is 0 Å². The van der Waals surface area contributed by atoms with Crippen molar-refractivity contribution in [2.75, 3.05) is 19.0 Å². The van der Waals surface area contributed by atoms with Gasteiger partial charge in [0.15, 0.2) is 0 Å². The van der Waals surface area contributed by atoms with Crippen molar-refractivity contribution >= 4 is 18.1 Å². The number of anilines is 1. The summed E-state index contributed by atoms with van der Waals surface area (Å²) in [6.07, 6.45) is 30.9. The van der Waals surface area contributed by atoms with Crippen molar-refractivity contribution in [3.63, 3.8) is 0 Å². The molecule has 2 heteroatoms. The molecule has 0 heterocycles. The zero-order valence-corrected chi connectivity index (χ0v) is 24.5. The molecule has 1 aromatic carbocycles. The van der Waals surface area contributed by atoms with Crippen LogP contribution in [0.25, 0.3) is 0 Å². The van der Waals surface area contributed by atoms with E-state index < -0.39 is 0 Å².